The largest absolute Gasteiger partial charge is 0.469 e. The Morgan fingerprint density at radius 3 is 2.58 bits per heavy atom. The Labute approximate surface area is 199 Å². The summed E-state index contributed by atoms with van der Waals surface area (Å²) in [6, 6.07) is 5.59. The zero-order chi connectivity index (χ0) is 22.0. The standard InChI is InChI=1S/C21H31F3N4O2.HI/c1-3-25-20(26-12-5-4-6-19(29)30-2)27-18-11-13-28(15-18)14-16-7-9-17(10-8-16)21(22,23)24;/h7-10,18H,3-6,11-15H2,1-2H3,(H2,25,26,27);1H. The lowest BCUT2D eigenvalue weighted by Gasteiger charge is -2.19. The number of benzene rings is 1. The highest BCUT2D eigenvalue weighted by atomic mass is 127. The lowest BCUT2D eigenvalue weighted by molar-refractivity contribution is -0.140. The first-order valence-electron chi connectivity index (χ1n) is 10.3. The Balaban J connectivity index is 0.00000480. The molecule has 1 aromatic carbocycles. The van der Waals surface area contributed by atoms with Crippen molar-refractivity contribution >= 4 is 35.9 Å². The van der Waals surface area contributed by atoms with Gasteiger partial charge in [-0.15, -0.1) is 24.0 Å². The highest BCUT2D eigenvalue weighted by Crippen LogP contribution is 2.29. The van der Waals surface area contributed by atoms with E-state index in [1.165, 1.54) is 7.11 Å². The summed E-state index contributed by atoms with van der Waals surface area (Å²) in [5, 5.41) is 6.66. The van der Waals surface area contributed by atoms with Crippen LogP contribution in [0.1, 0.15) is 43.7 Å². The summed E-state index contributed by atoms with van der Waals surface area (Å²) in [6.45, 7) is 5.66. The monoisotopic (exact) mass is 556 g/mol. The number of halogens is 4. The lowest BCUT2D eigenvalue weighted by atomic mass is 10.1. The Morgan fingerprint density at radius 1 is 1.26 bits per heavy atom. The van der Waals surface area contributed by atoms with Crippen LogP contribution in [0, 0.1) is 0 Å². The minimum Gasteiger partial charge on any atom is -0.469 e. The van der Waals surface area contributed by atoms with E-state index in [0.717, 1.165) is 62.6 Å². The molecule has 1 fully saturated rings. The van der Waals surface area contributed by atoms with E-state index in [1.54, 1.807) is 12.1 Å². The van der Waals surface area contributed by atoms with Crippen LogP contribution in [0.4, 0.5) is 13.2 Å². The van der Waals surface area contributed by atoms with E-state index in [-0.39, 0.29) is 36.0 Å². The second-order valence-electron chi connectivity index (χ2n) is 7.35. The van der Waals surface area contributed by atoms with Crippen LogP contribution in [0.5, 0.6) is 0 Å². The molecular weight excluding hydrogens is 524 g/mol. The molecule has 1 heterocycles. The van der Waals surface area contributed by atoms with E-state index in [4.69, 9.17) is 0 Å². The molecule has 0 bridgehead atoms. The highest BCUT2D eigenvalue weighted by molar-refractivity contribution is 14.0. The molecule has 1 unspecified atom stereocenters. The SMILES string of the molecule is CCNC(=NCCCCC(=O)OC)NC1CCN(Cc2ccc(C(F)(F)F)cc2)C1.I. The minimum absolute atomic E-state index is 0. The maximum Gasteiger partial charge on any atom is 0.416 e. The van der Waals surface area contributed by atoms with E-state index >= 15 is 0 Å². The first kappa shape index (κ1) is 27.5. The van der Waals surface area contributed by atoms with Gasteiger partial charge in [0.05, 0.1) is 12.7 Å². The Morgan fingerprint density at radius 2 is 1.97 bits per heavy atom. The zero-order valence-electron chi connectivity index (χ0n) is 18.0. The van der Waals surface area contributed by atoms with Gasteiger partial charge in [-0.25, -0.2) is 0 Å². The first-order valence-corrected chi connectivity index (χ1v) is 10.3. The van der Waals surface area contributed by atoms with Gasteiger partial charge in [0.2, 0.25) is 0 Å². The number of carbonyl (C=O) groups is 1. The number of likely N-dealkylation sites (tertiary alicyclic amines) is 1. The third kappa shape index (κ3) is 10.1. The van der Waals surface area contributed by atoms with Gasteiger partial charge in [0, 0.05) is 45.2 Å². The van der Waals surface area contributed by atoms with Gasteiger partial charge < -0.3 is 15.4 Å². The number of ether oxygens (including phenoxy) is 1. The van der Waals surface area contributed by atoms with Crippen molar-refractivity contribution in [1.82, 2.24) is 15.5 Å². The molecule has 1 aromatic rings. The molecule has 31 heavy (non-hydrogen) atoms. The zero-order valence-corrected chi connectivity index (χ0v) is 20.3. The molecule has 6 nitrogen and oxygen atoms in total. The highest BCUT2D eigenvalue weighted by Gasteiger charge is 2.30. The summed E-state index contributed by atoms with van der Waals surface area (Å²) >= 11 is 0. The van der Waals surface area contributed by atoms with Crippen LogP contribution >= 0.6 is 24.0 Å². The topological polar surface area (TPSA) is 66.0 Å². The normalized spacial score (nSPS) is 17.2. The number of alkyl halides is 3. The molecule has 1 atom stereocenters. The number of nitrogens with zero attached hydrogens (tertiary/aromatic N) is 2. The number of carbonyl (C=O) groups excluding carboxylic acids is 1. The maximum atomic E-state index is 12.7. The Bertz CT molecular complexity index is 699. The van der Waals surface area contributed by atoms with Crippen molar-refractivity contribution in [3.8, 4) is 0 Å². The van der Waals surface area contributed by atoms with Crippen molar-refractivity contribution in [2.24, 2.45) is 4.99 Å². The van der Waals surface area contributed by atoms with Crippen LogP contribution in [0.2, 0.25) is 0 Å². The van der Waals surface area contributed by atoms with Gasteiger partial charge in [-0.3, -0.25) is 14.7 Å². The molecule has 1 saturated heterocycles. The van der Waals surface area contributed by atoms with Gasteiger partial charge in [-0.05, 0) is 43.9 Å². The van der Waals surface area contributed by atoms with Crippen LogP contribution in [-0.4, -0.2) is 56.2 Å². The Hall–Kier alpha value is -1.56. The molecule has 0 aromatic heterocycles. The number of hydrogen-bond acceptors (Lipinski definition) is 4. The quantitative estimate of drug-likeness (QED) is 0.159. The number of guanidine groups is 1. The summed E-state index contributed by atoms with van der Waals surface area (Å²) in [7, 11) is 1.39. The number of rotatable bonds is 9. The molecule has 10 heteroatoms. The molecule has 2 N–H and O–H groups in total. The predicted molar refractivity (Wildman–Crippen MR) is 126 cm³/mol. The van der Waals surface area contributed by atoms with Gasteiger partial charge in [-0.1, -0.05) is 12.1 Å². The van der Waals surface area contributed by atoms with E-state index in [9.17, 15) is 18.0 Å². The molecule has 0 amide bonds. The summed E-state index contributed by atoms with van der Waals surface area (Å²) in [6.07, 6.45) is -1.43. The molecule has 1 aliphatic rings. The van der Waals surface area contributed by atoms with Gasteiger partial charge in [0.1, 0.15) is 0 Å². The average molecular weight is 556 g/mol. The third-order valence-corrected chi connectivity index (χ3v) is 4.93. The summed E-state index contributed by atoms with van der Waals surface area (Å²) in [5.41, 5.74) is 0.250. The van der Waals surface area contributed by atoms with Crippen molar-refractivity contribution in [1.29, 1.82) is 0 Å². The number of methoxy groups -OCH3 is 1. The number of unbranched alkanes of at least 4 members (excludes halogenated alkanes) is 1. The molecule has 176 valence electrons. The van der Waals surface area contributed by atoms with Crippen LogP contribution < -0.4 is 10.6 Å². The summed E-state index contributed by atoms with van der Waals surface area (Å²) < 4.78 is 42.7. The van der Waals surface area contributed by atoms with Gasteiger partial charge in [-0.2, -0.15) is 13.2 Å². The fourth-order valence-corrected chi connectivity index (χ4v) is 3.34. The third-order valence-electron chi connectivity index (χ3n) is 4.93. The summed E-state index contributed by atoms with van der Waals surface area (Å²) in [5.74, 6) is 0.542. The molecule has 2 rings (SSSR count). The molecule has 0 spiro atoms. The van der Waals surface area contributed by atoms with E-state index < -0.39 is 11.7 Å². The number of aliphatic imine (C=N–C) groups is 1. The molecule has 0 saturated carbocycles. The van der Waals surface area contributed by atoms with E-state index in [1.807, 2.05) is 6.92 Å². The maximum absolute atomic E-state index is 12.7. The Kier molecular flexibility index (Phi) is 12.2. The molecule has 1 aliphatic heterocycles. The number of nitrogens with one attached hydrogen (secondary N) is 2. The van der Waals surface area contributed by atoms with Crippen LogP contribution in [0.15, 0.2) is 29.3 Å². The molecule has 0 aliphatic carbocycles. The second kappa shape index (κ2) is 13.8. The first-order chi connectivity index (χ1) is 14.3. The van der Waals surface area contributed by atoms with Gasteiger partial charge >= 0.3 is 12.1 Å². The molecule has 0 radical (unpaired) electrons. The van der Waals surface area contributed by atoms with Crippen molar-refractivity contribution in [2.45, 2.75) is 51.4 Å². The number of hydrogen-bond donors (Lipinski definition) is 2. The predicted octanol–water partition coefficient (Wildman–Crippen LogP) is 3.80. The van der Waals surface area contributed by atoms with E-state index in [0.29, 0.717) is 19.5 Å². The van der Waals surface area contributed by atoms with Gasteiger partial charge in [0.15, 0.2) is 5.96 Å². The fourth-order valence-electron chi connectivity index (χ4n) is 3.34. The van der Waals surface area contributed by atoms with Crippen LogP contribution in [0.3, 0.4) is 0 Å². The molecular formula is C21H32F3IN4O2. The van der Waals surface area contributed by atoms with Crippen molar-refractivity contribution < 1.29 is 22.7 Å². The van der Waals surface area contributed by atoms with Crippen molar-refractivity contribution in [2.75, 3.05) is 33.3 Å². The van der Waals surface area contributed by atoms with Crippen LogP contribution in [0.25, 0.3) is 0 Å². The number of esters is 1. The lowest BCUT2D eigenvalue weighted by Crippen LogP contribution is -2.44. The second-order valence-corrected chi connectivity index (χ2v) is 7.35. The smallest absolute Gasteiger partial charge is 0.416 e. The van der Waals surface area contributed by atoms with Crippen LogP contribution in [-0.2, 0) is 22.3 Å². The van der Waals surface area contributed by atoms with Gasteiger partial charge in [0.25, 0.3) is 0 Å². The average Bonchev–Trinajstić information content (AvgIpc) is 3.14. The van der Waals surface area contributed by atoms with Crippen molar-refractivity contribution in [3.63, 3.8) is 0 Å². The fraction of sp³-hybridized carbons (Fsp3) is 0.619. The van der Waals surface area contributed by atoms with Crippen molar-refractivity contribution in [3.05, 3.63) is 35.4 Å². The minimum atomic E-state index is -4.30. The summed E-state index contributed by atoms with van der Waals surface area (Å²) in [4.78, 5) is 17.9. The van der Waals surface area contributed by atoms with E-state index in [2.05, 4.69) is 25.3 Å².